The first kappa shape index (κ1) is 19.9. The molecule has 2 aromatic carbocycles. The minimum absolute atomic E-state index is 0.0367. The molecule has 7 heteroatoms. The van der Waals surface area contributed by atoms with Crippen LogP contribution in [0.15, 0.2) is 53.0 Å². The van der Waals surface area contributed by atoms with Crippen LogP contribution < -0.4 is 0 Å². The van der Waals surface area contributed by atoms with Gasteiger partial charge in [0.25, 0.3) is 5.91 Å². The first-order valence-corrected chi connectivity index (χ1v) is 9.45. The Morgan fingerprint density at radius 1 is 1.11 bits per heavy atom. The quantitative estimate of drug-likeness (QED) is 0.644. The molecule has 1 fully saturated rings. The molecule has 0 radical (unpaired) electrons. The molecule has 1 unspecified atom stereocenters. The number of nitrogens with zero attached hydrogens (tertiary/aromatic N) is 1. The van der Waals surface area contributed by atoms with Crippen molar-refractivity contribution in [3.8, 4) is 0 Å². The van der Waals surface area contributed by atoms with E-state index in [0.717, 1.165) is 29.4 Å². The van der Waals surface area contributed by atoms with Crippen LogP contribution in [0.5, 0.6) is 0 Å². The molecule has 2 aromatic rings. The van der Waals surface area contributed by atoms with Crippen LogP contribution in [0.25, 0.3) is 0 Å². The Morgan fingerprint density at radius 3 is 2.41 bits per heavy atom. The maximum atomic E-state index is 12.6. The summed E-state index contributed by atoms with van der Waals surface area (Å²) in [5.74, 6) is -0.0367. The standard InChI is InChI=1S/C20H19BrF3NO2/c21-17-9-5-15(6-10-17)19(26)25-11-1-2-18(12-25)27-13-14-3-7-16(8-4-14)20(22,23)24/h3-10,18H,1-2,11-13H2. The summed E-state index contributed by atoms with van der Waals surface area (Å²) in [4.78, 5) is 14.4. The predicted octanol–water partition coefficient (Wildman–Crippen LogP) is 5.29. The average Bonchev–Trinajstić information content (AvgIpc) is 2.66. The van der Waals surface area contributed by atoms with E-state index in [1.807, 2.05) is 12.1 Å². The van der Waals surface area contributed by atoms with Crippen LogP contribution in [-0.4, -0.2) is 30.0 Å². The highest BCUT2D eigenvalue weighted by Crippen LogP contribution is 2.29. The number of piperidine rings is 1. The second-order valence-corrected chi connectivity index (χ2v) is 7.44. The summed E-state index contributed by atoms with van der Waals surface area (Å²) >= 11 is 3.35. The molecule has 1 saturated heterocycles. The van der Waals surface area contributed by atoms with Crippen molar-refractivity contribution in [1.82, 2.24) is 4.90 Å². The average molecular weight is 442 g/mol. The molecule has 0 N–H and O–H groups in total. The molecule has 0 aliphatic carbocycles. The van der Waals surface area contributed by atoms with Gasteiger partial charge in [-0.3, -0.25) is 4.79 Å². The maximum absolute atomic E-state index is 12.6. The third-order valence-corrected chi connectivity index (χ3v) is 5.05. The fourth-order valence-corrected chi connectivity index (χ4v) is 3.30. The van der Waals surface area contributed by atoms with Gasteiger partial charge in [-0.25, -0.2) is 0 Å². The van der Waals surface area contributed by atoms with Gasteiger partial charge in [0.1, 0.15) is 0 Å². The molecule has 0 spiro atoms. The van der Waals surface area contributed by atoms with E-state index >= 15 is 0 Å². The zero-order valence-electron chi connectivity index (χ0n) is 14.5. The molecule has 1 aliphatic heterocycles. The van der Waals surface area contributed by atoms with Crippen LogP contribution in [0.4, 0.5) is 13.2 Å². The van der Waals surface area contributed by atoms with Gasteiger partial charge in [0.05, 0.1) is 18.3 Å². The van der Waals surface area contributed by atoms with Crippen LogP contribution in [0.3, 0.4) is 0 Å². The topological polar surface area (TPSA) is 29.5 Å². The lowest BCUT2D eigenvalue weighted by atomic mass is 10.1. The van der Waals surface area contributed by atoms with Gasteiger partial charge in [0.15, 0.2) is 0 Å². The second kappa shape index (κ2) is 8.44. The minimum atomic E-state index is -4.34. The molecule has 1 atom stereocenters. The van der Waals surface area contributed by atoms with Crippen molar-refractivity contribution in [2.24, 2.45) is 0 Å². The number of hydrogen-bond donors (Lipinski definition) is 0. The Kier molecular flexibility index (Phi) is 6.22. The van der Waals surface area contributed by atoms with Gasteiger partial charge in [-0.15, -0.1) is 0 Å². The van der Waals surface area contributed by atoms with Crippen molar-refractivity contribution in [3.63, 3.8) is 0 Å². The predicted molar refractivity (Wildman–Crippen MR) is 99.3 cm³/mol. The monoisotopic (exact) mass is 441 g/mol. The molecule has 1 aliphatic rings. The van der Waals surface area contributed by atoms with Crippen LogP contribution in [0, 0.1) is 0 Å². The molecule has 27 heavy (non-hydrogen) atoms. The summed E-state index contributed by atoms with van der Waals surface area (Å²) in [6.45, 7) is 1.38. The van der Waals surface area contributed by atoms with E-state index in [9.17, 15) is 18.0 Å². The highest BCUT2D eigenvalue weighted by Gasteiger charge is 2.30. The highest BCUT2D eigenvalue weighted by atomic mass is 79.9. The van der Waals surface area contributed by atoms with E-state index in [2.05, 4.69) is 15.9 Å². The van der Waals surface area contributed by atoms with E-state index in [1.54, 1.807) is 17.0 Å². The number of rotatable bonds is 4. The Bertz CT molecular complexity index is 775. The number of halogens is 4. The van der Waals surface area contributed by atoms with E-state index in [1.165, 1.54) is 12.1 Å². The van der Waals surface area contributed by atoms with Crippen molar-refractivity contribution in [2.75, 3.05) is 13.1 Å². The zero-order valence-corrected chi connectivity index (χ0v) is 16.1. The van der Waals surface area contributed by atoms with Gasteiger partial charge in [-0.05, 0) is 54.8 Å². The number of hydrogen-bond acceptors (Lipinski definition) is 2. The number of carbonyl (C=O) groups excluding carboxylic acids is 1. The van der Waals surface area contributed by atoms with Crippen molar-refractivity contribution in [3.05, 3.63) is 69.7 Å². The summed E-state index contributed by atoms with van der Waals surface area (Å²) in [6, 6.07) is 12.2. The van der Waals surface area contributed by atoms with E-state index in [-0.39, 0.29) is 18.6 Å². The maximum Gasteiger partial charge on any atom is 0.416 e. The molecular weight excluding hydrogens is 423 g/mol. The third kappa shape index (κ3) is 5.32. The first-order valence-electron chi connectivity index (χ1n) is 8.65. The SMILES string of the molecule is O=C(c1ccc(Br)cc1)N1CCCC(OCc2ccc(C(F)(F)F)cc2)C1. The lowest BCUT2D eigenvalue weighted by Crippen LogP contribution is -2.43. The number of amides is 1. The number of benzene rings is 2. The Balaban J connectivity index is 1.55. The Hall–Kier alpha value is -1.86. The molecule has 1 amide bonds. The number of carbonyl (C=O) groups is 1. The highest BCUT2D eigenvalue weighted by molar-refractivity contribution is 9.10. The van der Waals surface area contributed by atoms with Gasteiger partial charge < -0.3 is 9.64 Å². The number of likely N-dealkylation sites (tertiary alicyclic amines) is 1. The molecule has 1 heterocycles. The summed E-state index contributed by atoms with van der Waals surface area (Å²) < 4.78 is 44.6. The van der Waals surface area contributed by atoms with E-state index in [0.29, 0.717) is 24.2 Å². The van der Waals surface area contributed by atoms with Gasteiger partial charge in [0.2, 0.25) is 0 Å². The summed E-state index contributed by atoms with van der Waals surface area (Å²) in [5.41, 5.74) is 0.635. The van der Waals surface area contributed by atoms with Gasteiger partial charge in [-0.1, -0.05) is 28.1 Å². The van der Waals surface area contributed by atoms with E-state index in [4.69, 9.17) is 4.74 Å². The molecule has 3 nitrogen and oxygen atoms in total. The zero-order chi connectivity index (χ0) is 19.4. The van der Waals surface area contributed by atoms with Crippen molar-refractivity contribution in [1.29, 1.82) is 0 Å². The Labute approximate surface area is 164 Å². The lowest BCUT2D eigenvalue weighted by molar-refractivity contribution is -0.137. The third-order valence-electron chi connectivity index (χ3n) is 4.52. The molecule has 0 saturated carbocycles. The summed E-state index contributed by atoms with van der Waals surface area (Å²) in [5, 5.41) is 0. The summed E-state index contributed by atoms with van der Waals surface area (Å²) in [7, 11) is 0. The van der Waals surface area contributed by atoms with E-state index < -0.39 is 11.7 Å². The first-order chi connectivity index (χ1) is 12.8. The Morgan fingerprint density at radius 2 is 1.78 bits per heavy atom. The van der Waals surface area contributed by atoms with Gasteiger partial charge in [0, 0.05) is 23.1 Å². The molecular formula is C20H19BrF3NO2. The van der Waals surface area contributed by atoms with Crippen LogP contribution in [-0.2, 0) is 17.5 Å². The van der Waals surface area contributed by atoms with Gasteiger partial charge >= 0.3 is 6.18 Å². The van der Waals surface area contributed by atoms with Crippen molar-refractivity contribution >= 4 is 21.8 Å². The fourth-order valence-electron chi connectivity index (χ4n) is 3.04. The lowest BCUT2D eigenvalue weighted by Gasteiger charge is -2.32. The van der Waals surface area contributed by atoms with Gasteiger partial charge in [-0.2, -0.15) is 13.2 Å². The number of ether oxygens (including phenoxy) is 1. The second-order valence-electron chi connectivity index (χ2n) is 6.53. The summed E-state index contributed by atoms with van der Waals surface area (Å²) in [6.07, 6.45) is -2.80. The smallest absolute Gasteiger partial charge is 0.372 e. The molecule has 144 valence electrons. The van der Waals surface area contributed by atoms with Crippen LogP contribution >= 0.6 is 15.9 Å². The normalized spacial score (nSPS) is 17.8. The minimum Gasteiger partial charge on any atom is -0.372 e. The van der Waals surface area contributed by atoms with Crippen molar-refractivity contribution < 1.29 is 22.7 Å². The van der Waals surface area contributed by atoms with Crippen LogP contribution in [0.1, 0.15) is 34.3 Å². The van der Waals surface area contributed by atoms with Crippen LogP contribution in [0.2, 0.25) is 0 Å². The fraction of sp³-hybridized carbons (Fsp3) is 0.350. The molecule has 0 bridgehead atoms. The molecule has 0 aromatic heterocycles. The van der Waals surface area contributed by atoms with Crippen molar-refractivity contribution in [2.45, 2.75) is 31.7 Å². The number of alkyl halides is 3. The largest absolute Gasteiger partial charge is 0.416 e. The molecule has 3 rings (SSSR count).